The topological polar surface area (TPSA) is 3.24 Å². The van der Waals surface area contributed by atoms with E-state index in [1.165, 1.54) is 39.2 Å². The molecule has 1 heteroatoms. The van der Waals surface area contributed by atoms with Gasteiger partial charge in [0.2, 0.25) is 0 Å². The Morgan fingerprint density at radius 1 is 0.806 bits per heavy atom. The van der Waals surface area contributed by atoms with Crippen LogP contribution >= 0.6 is 0 Å². The highest BCUT2D eigenvalue weighted by Gasteiger charge is 2.38. The van der Waals surface area contributed by atoms with Gasteiger partial charge in [-0.3, -0.25) is 0 Å². The predicted octanol–water partition coefficient (Wildman–Crippen LogP) is 8.14. The SMILES string of the molecule is CC(C)c1ccc2c(c1)C(C)(C)c1cc(-c3ccccc3)ccc1N2C1C=CC=CC1. The molecule has 0 aromatic heterocycles. The van der Waals surface area contributed by atoms with Gasteiger partial charge in [0.05, 0.1) is 6.04 Å². The third-order valence-corrected chi connectivity index (χ3v) is 6.95. The molecule has 0 fully saturated rings. The minimum Gasteiger partial charge on any atom is -0.334 e. The maximum absolute atomic E-state index is 2.56. The van der Waals surface area contributed by atoms with Crippen LogP contribution < -0.4 is 4.90 Å². The summed E-state index contributed by atoms with van der Waals surface area (Å²) in [5, 5.41) is 0. The van der Waals surface area contributed by atoms with Crippen molar-refractivity contribution in [2.24, 2.45) is 0 Å². The largest absolute Gasteiger partial charge is 0.334 e. The lowest BCUT2D eigenvalue weighted by atomic mass is 9.71. The molecule has 1 heterocycles. The molecule has 5 rings (SSSR count). The van der Waals surface area contributed by atoms with Crippen molar-refractivity contribution in [2.45, 2.75) is 51.5 Å². The van der Waals surface area contributed by atoms with Crippen LogP contribution in [0, 0.1) is 0 Å². The molecule has 3 aromatic carbocycles. The summed E-state index contributed by atoms with van der Waals surface area (Å²) in [5.41, 5.74) is 9.42. The van der Waals surface area contributed by atoms with Crippen molar-refractivity contribution >= 4 is 11.4 Å². The summed E-state index contributed by atoms with van der Waals surface area (Å²) in [4.78, 5) is 2.56. The van der Waals surface area contributed by atoms with Gasteiger partial charge in [0.25, 0.3) is 0 Å². The van der Waals surface area contributed by atoms with Crippen LogP contribution in [0.15, 0.2) is 91.0 Å². The zero-order chi connectivity index (χ0) is 21.6. The van der Waals surface area contributed by atoms with E-state index in [2.05, 4.69) is 124 Å². The lowest BCUT2D eigenvalue weighted by molar-refractivity contribution is 0.612. The molecule has 1 unspecified atom stereocenters. The number of nitrogens with zero attached hydrogens (tertiary/aromatic N) is 1. The van der Waals surface area contributed by atoms with Crippen molar-refractivity contribution in [3.8, 4) is 11.1 Å². The highest BCUT2D eigenvalue weighted by atomic mass is 15.2. The second-order valence-electron chi connectivity index (χ2n) is 9.64. The van der Waals surface area contributed by atoms with Crippen LogP contribution in [-0.4, -0.2) is 6.04 Å². The summed E-state index contributed by atoms with van der Waals surface area (Å²) in [7, 11) is 0. The molecular weight excluding hydrogens is 374 g/mol. The van der Waals surface area contributed by atoms with Crippen LogP contribution in [-0.2, 0) is 5.41 Å². The van der Waals surface area contributed by atoms with E-state index >= 15 is 0 Å². The van der Waals surface area contributed by atoms with E-state index in [4.69, 9.17) is 0 Å². The summed E-state index contributed by atoms with van der Waals surface area (Å²) in [5.74, 6) is 0.518. The second-order valence-corrected chi connectivity index (χ2v) is 9.64. The Kier molecular flexibility index (Phi) is 4.85. The first-order chi connectivity index (χ1) is 15.0. The zero-order valence-corrected chi connectivity index (χ0v) is 19.0. The molecule has 2 aliphatic rings. The molecule has 3 aromatic rings. The first-order valence-corrected chi connectivity index (χ1v) is 11.4. The van der Waals surface area contributed by atoms with Gasteiger partial charge in [-0.1, -0.05) is 101 Å². The van der Waals surface area contributed by atoms with Crippen molar-refractivity contribution in [2.75, 3.05) is 4.90 Å². The number of anilines is 2. The quantitative estimate of drug-likeness (QED) is 0.425. The van der Waals surface area contributed by atoms with Gasteiger partial charge < -0.3 is 4.90 Å². The fourth-order valence-electron chi connectivity index (χ4n) is 5.07. The van der Waals surface area contributed by atoms with Crippen LogP contribution in [0.2, 0.25) is 0 Å². The van der Waals surface area contributed by atoms with Crippen molar-refractivity contribution in [3.63, 3.8) is 0 Å². The van der Waals surface area contributed by atoms with Crippen LogP contribution in [0.4, 0.5) is 11.4 Å². The Morgan fingerprint density at radius 2 is 1.52 bits per heavy atom. The van der Waals surface area contributed by atoms with E-state index < -0.39 is 0 Å². The third kappa shape index (κ3) is 3.33. The van der Waals surface area contributed by atoms with E-state index in [1.54, 1.807) is 0 Å². The summed E-state index contributed by atoms with van der Waals surface area (Å²) < 4.78 is 0. The second kappa shape index (κ2) is 7.57. The van der Waals surface area contributed by atoms with E-state index in [0.29, 0.717) is 12.0 Å². The van der Waals surface area contributed by atoms with Crippen LogP contribution in [0.1, 0.15) is 56.7 Å². The summed E-state index contributed by atoms with van der Waals surface area (Å²) in [6.45, 7) is 9.34. The monoisotopic (exact) mass is 405 g/mol. The maximum atomic E-state index is 2.56. The minimum absolute atomic E-state index is 0.0644. The number of allylic oxidation sites excluding steroid dienone is 2. The Bertz CT molecular complexity index is 1160. The van der Waals surface area contributed by atoms with Crippen LogP contribution in [0.25, 0.3) is 11.1 Å². The number of benzene rings is 3. The lowest BCUT2D eigenvalue weighted by Gasteiger charge is -2.45. The zero-order valence-electron chi connectivity index (χ0n) is 19.0. The molecular formula is C30H31N. The molecule has 31 heavy (non-hydrogen) atoms. The fourth-order valence-corrected chi connectivity index (χ4v) is 5.07. The molecule has 1 aliphatic carbocycles. The van der Waals surface area contributed by atoms with Crippen LogP contribution in [0.5, 0.6) is 0 Å². The lowest BCUT2D eigenvalue weighted by Crippen LogP contribution is -2.38. The molecule has 1 nitrogen and oxygen atoms in total. The Hall–Kier alpha value is -3.06. The van der Waals surface area contributed by atoms with Crippen LogP contribution in [0.3, 0.4) is 0 Å². The molecule has 0 saturated carbocycles. The molecule has 1 atom stereocenters. The smallest absolute Gasteiger partial charge is 0.0560 e. The Morgan fingerprint density at radius 3 is 2.19 bits per heavy atom. The van der Waals surface area contributed by atoms with Gasteiger partial charge in [-0.25, -0.2) is 0 Å². The third-order valence-electron chi connectivity index (χ3n) is 6.95. The first-order valence-electron chi connectivity index (χ1n) is 11.4. The van der Waals surface area contributed by atoms with Gasteiger partial charge in [-0.05, 0) is 58.4 Å². The summed E-state index contributed by atoms with van der Waals surface area (Å²) in [6, 6.07) is 25.2. The van der Waals surface area contributed by atoms with Crippen molar-refractivity contribution in [1.29, 1.82) is 0 Å². The van der Waals surface area contributed by atoms with E-state index in [9.17, 15) is 0 Å². The molecule has 0 bridgehead atoms. The molecule has 0 N–H and O–H groups in total. The van der Waals surface area contributed by atoms with E-state index in [1.807, 2.05) is 0 Å². The normalized spacial score (nSPS) is 18.7. The average Bonchev–Trinajstić information content (AvgIpc) is 2.80. The van der Waals surface area contributed by atoms with Gasteiger partial charge in [-0.2, -0.15) is 0 Å². The highest BCUT2D eigenvalue weighted by Crippen LogP contribution is 2.51. The molecule has 0 saturated heterocycles. The first kappa shape index (κ1) is 19.9. The number of hydrogen-bond acceptors (Lipinski definition) is 1. The number of fused-ring (bicyclic) bond motifs is 2. The van der Waals surface area contributed by atoms with Crippen molar-refractivity contribution in [3.05, 3.63) is 108 Å². The summed E-state index contributed by atoms with van der Waals surface area (Å²) >= 11 is 0. The molecule has 0 radical (unpaired) electrons. The van der Waals surface area contributed by atoms with Gasteiger partial charge in [0.1, 0.15) is 0 Å². The average molecular weight is 406 g/mol. The Balaban J connectivity index is 1.73. The highest BCUT2D eigenvalue weighted by molar-refractivity contribution is 5.82. The summed E-state index contributed by atoms with van der Waals surface area (Å²) in [6.07, 6.45) is 10.0. The standard InChI is InChI=1S/C30H31N/c1-21(2)23-15-17-28-26(19-23)30(3,4)27-20-24(22-11-7-5-8-12-22)16-18-29(27)31(28)25-13-9-6-10-14-25/h5-13,15-21,25H,14H2,1-4H3. The molecule has 0 amide bonds. The number of rotatable bonds is 3. The molecule has 1 aliphatic heterocycles. The van der Waals surface area contributed by atoms with Gasteiger partial charge in [-0.15, -0.1) is 0 Å². The van der Waals surface area contributed by atoms with Gasteiger partial charge >= 0.3 is 0 Å². The fraction of sp³-hybridized carbons (Fsp3) is 0.267. The van der Waals surface area contributed by atoms with Gasteiger partial charge in [0.15, 0.2) is 0 Å². The maximum Gasteiger partial charge on any atom is 0.0560 e. The Labute approximate surface area is 186 Å². The van der Waals surface area contributed by atoms with Crippen molar-refractivity contribution < 1.29 is 0 Å². The molecule has 156 valence electrons. The minimum atomic E-state index is -0.0644. The van der Waals surface area contributed by atoms with E-state index in [0.717, 1.165) is 6.42 Å². The predicted molar refractivity (Wildman–Crippen MR) is 133 cm³/mol. The number of hydrogen-bond donors (Lipinski definition) is 0. The molecule has 0 spiro atoms. The van der Waals surface area contributed by atoms with Crippen molar-refractivity contribution in [1.82, 2.24) is 0 Å². The van der Waals surface area contributed by atoms with E-state index in [-0.39, 0.29) is 5.41 Å². The van der Waals surface area contributed by atoms with Gasteiger partial charge in [0, 0.05) is 16.8 Å².